The Labute approximate surface area is 125 Å². The number of benzene rings is 1. The number of aromatic nitrogens is 1. The van der Waals surface area contributed by atoms with Crippen molar-refractivity contribution in [2.75, 3.05) is 5.32 Å². The maximum absolute atomic E-state index is 12.1. The molecule has 6 nitrogen and oxygen atoms in total. The van der Waals surface area contributed by atoms with Crippen LogP contribution in [0.25, 0.3) is 0 Å². The van der Waals surface area contributed by atoms with Crippen LogP contribution in [0.5, 0.6) is 0 Å². The number of hydrogen-bond donors (Lipinski definition) is 1. The molecule has 7 heteroatoms. The maximum Gasteiger partial charge on any atom is 0.270 e. The van der Waals surface area contributed by atoms with Gasteiger partial charge < -0.3 is 5.32 Å². The number of nitrogens with zero attached hydrogens (tertiary/aromatic N) is 2. The molecular formula is C14H12ClN3O3. The summed E-state index contributed by atoms with van der Waals surface area (Å²) in [4.78, 5) is 26.4. The van der Waals surface area contributed by atoms with Crippen molar-refractivity contribution in [3.8, 4) is 0 Å². The average molecular weight is 306 g/mol. The van der Waals surface area contributed by atoms with E-state index in [-0.39, 0.29) is 16.3 Å². The van der Waals surface area contributed by atoms with Crippen LogP contribution in [0.3, 0.4) is 0 Å². The molecule has 0 fully saturated rings. The number of anilines is 1. The molecule has 1 amide bonds. The van der Waals surface area contributed by atoms with Crippen LogP contribution in [0.1, 0.15) is 21.6 Å². The van der Waals surface area contributed by atoms with E-state index >= 15 is 0 Å². The number of hydrogen-bond acceptors (Lipinski definition) is 4. The highest BCUT2D eigenvalue weighted by molar-refractivity contribution is 6.34. The summed E-state index contributed by atoms with van der Waals surface area (Å²) in [5.41, 5.74) is 1.73. The van der Waals surface area contributed by atoms with Gasteiger partial charge in [-0.15, -0.1) is 0 Å². The van der Waals surface area contributed by atoms with Crippen molar-refractivity contribution in [2.45, 2.75) is 13.8 Å². The van der Waals surface area contributed by atoms with Crippen molar-refractivity contribution in [1.29, 1.82) is 0 Å². The molecule has 21 heavy (non-hydrogen) atoms. The fraction of sp³-hybridized carbons (Fsp3) is 0.143. The predicted octanol–water partition coefficient (Wildman–Crippen LogP) is 3.51. The van der Waals surface area contributed by atoms with Crippen LogP contribution in [-0.2, 0) is 0 Å². The molecule has 1 aromatic heterocycles. The van der Waals surface area contributed by atoms with E-state index in [1.165, 1.54) is 12.1 Å². The number of halogens is 1. The van der Waals surface area contributed by atoms with E-state index in [2.05, 4.69) is 10.3 Å². The minimum absolute atomic E-state index is 0.0195. The molecule has 0 unspecified atom stereocenters. The number of carbonyl (C=O) groups is 1. The first kappa shape index (κ1) is 14.9. The summed E-state index contributed by atoms with van der Waals surface area (Å²) in [6.07, 6.45) is 0. The fourth-order valence-electron chi connectivity index (χ4n) is 1.89. The third-order valence-electron chi connectivity index (χ3n) is 2.75. The Bertz CT molecular complexity index is 711. The predicted molar refractivity (Wildman–Crippen MR) is 79.8 cm³/mol. The summed E-state index contributed by atoms with van der Waals surface area (Å²) < 4.78 is 0. The van der Waals surface area contributed by atoms with Gasteiger partial charge in [0.25, 0.3) is 11.6 Å². The molecule has 0 radical (unpaired) electrons. The van der Waals surface area contributed by atoms with E-state index < -0.39 is 10.8 Å². The molecule has 0 saturated heterocycles. The number of amides is 1. The molecule has 0 atom stereocenters. The molecule has 2 aromatic rings. The largest absolute Gasteiger partial charge is 0.307 e. The quantitative estimate of drug-likeness (QED) is 0.694. The van der Waals surface area contributed by atoms with Crippen LogP contribution < -0.4 is 5.32 Å². The van der Waals surface area contributed by atoms with Gasteiger partial charge in [-0.3, -0.25) is 14.9 Å². The Hall–Kier alpha value is -2.47. The van der Waals surface area contributed by atoms with Crippen LogP contribution in [-0.4, -0.2) is 15.8 Å². The second-order valence-corrected chi connectivity index (χ2v) is 4.95. The van der Waals surface area contributed by atoms with Gasteiger partial charge >= 0.3 is 0 Å². The van der Waals surface area contributed by atoms with Crippen LogP contribution in [0.4, 0.5) is 11.5 Å². The Morgan fingerprint density at radius 1 is 1.29 bits per heavy atom. The molecule has 0 saturated carbocycles. The minimum Gasteiger partial charge on any atom is -0.307 e. The number of non-ortho nitro benzene ring substituents is 1. The van der Waals surface area contributed by atoms with Crippen molar-refractivity contribution in [3.05, 3.63) is 62.3 Å². The Kier molecular flexibility index (Phi) is 4.18. The number of carbonyl (C=O) groups excluding carboxylic acids is 1. The molecule has 1 heterocycles. The van der Waals surface area contributed by atoms with E-state index in [4.69, 9.17) is 11.6 Å². The van der Waals surface area contributed by atoms with Crippen LogP contribution in [0.15, 0.2) is 30.3 Å². The number of pyridine rings is 1. The highest BCUT2D eigenvalue weighted by atomic mass is 35.5. The molecule has 0 bridgehead atoms. The number of nitrogens with one attached hydrogen (secondary N) is 1. The van der Waals surface area contributed by atoms with Gasteiger partial charge in [-0.1, -0.05) is 11.6 Å². The molecular weight excluding hydrogens is 294 g/mol. The van der Waals surface area contributed by atoms with Crippen molar-refractivity contribution in [1.82, 2.24) is 4.98 Å². The molecule has 1 N–H and O–H groups in total. The number of nitro groups is 1. The summed E-state index contributed by atoms with van der Waals surface area (Å²) in [7, 11) is 0. The van der Waals surface area contributed by atoms with E-state index in [1.54, 1.807) is 6.07 Å². The normalized spacial score (nSPS) is 10.2. The third-order valence-corrected chi connectivity index (χ3v) is 3.06. The lowest BCUT2D eigenvalue weighted by atomic mass is 10.2. The Morgan fingerprint density at radius 3 is 2.57 bits per heavy atom. The monoisotopic (exact) mass is 305 g/mol. The zero-order chi connectivity index (χ0) is 15.6. The summed E-state index contributed by atoms with van der Waals surface area (Å²) in [5, 5.41) is 13.3. The second-order valence-electron chi connectivity index (χ2n) is 4.55. The molecule has 0 aliphatic heterocycles. The number of nitro benzene ring substituents is 1. The zero-order valence-corrected chi connectivity index (χ0v) is 12.1. The lowest BCUT2D eigenvalue weighted by molar-refractivity contribution is -0.384. The first-order valence-electron chi connectivity index (χ1n) is 6.07. The second kappa shape index (κ2) is 5.88. The van der Waals surface area contributed by atoms with Gasteiger partial charge in [-0.25, -0.2) is 4.98 Å². The van der Waals surface area contributed by atoms with E-state index in [1.807, 2.05) is 19.9 Å². The summed E-state index contributed by atoms with van der Waals surface area (Å²) in [5.74, 6) is -0.0562. The Morgan fingerprint density at radius 2 is 2.00 bits per heavy atom. The summed E-state index contributed by atoms with van der Waals surface area (Å²) in [6.45, 7) is 3.71. The average Bonchev–Trinajstić information content (AvgIpc) is 2.36. The summed E-state index contributed by atoms with van der Waals surface area (Å²) >= 11 is 5.91. The highest BCUT2D eigenvalue weighted by Crippen LogP contribution is 2.23. The fourth-order valence-corrected chi connectivity index (χ4v) is 2.15. The topological polar surface area (TPSA) is 85.1 Å². The van der Waals surface area contributed by atoms with Gasteiger partial charge in [-0.05, 0) is 37.6 Å². The van der Waals surface area contributed by atoms with Crippen LogP contribution in [0, 0.1) is 24.0 Å². The standard InChI is InChI=1S/C14H12ClN3O3/c1-8-5-9(2)16-13(6-8)17-14(19)11-4-3-10(18(20)21)7-12(11)15/h3-7H,1-2H3,(H,16,17,19). The van der Waals surface area contributed by atoms with E-state index in [9.17, 15) is 14.9 Å². The lowest BCUT2D eigenvalue weighted by Crippen LogP contribution is -2.14. The Balaban J connectivity index is 2.26. The molecule has 0 spiro atoms. The van der Waals surface area contributed by atoms with Crippen LogP contribution >= 0.6 is 11.6 Å². The van der Waals surface area contributed by atoms with Crippen molar-refractivity contribution < 1.29 is 9.72 Å². The van der Waals surface area contributed by atoms with Gasteiger partial charge in [-0.2, -0.15) is 0 Å². The van der Waals surface area contributed by atoms with E-state index in [0.29, 0.717) is 5.82 Å². The van der Waals surface area contributed by atoms with E-state index in [0.717, 1.165) is 17.3 Å². The SMILES string of the molecule is Cc1cc(C)nc(NC(=O)c2ccc([N+](=O)[O-])cc2Cl)c1. The van der Waals surface area contributed by atoms with Gasteiger partial charge in [0.1, 0.15) is 5.82 Å². The number of rotatable bonds is 3. The third kappa shape index (κ3) is 3.55. The van der Waals surface area contributed by atoms with Crippen molar-refractivity contribution >= 4 is 29.0 Å². The van der Waals surface area contributed by atoms with Crippen molar-refractivity contribution in [3.63, 3.8) is 0 Å². The van der Waals surface area contributed by atoms with Gasteiger partial charge in [0.2, 0.25) is 0 Å². The molecule has 108 valence electrons. The van der Waals surface area contributed by atoms with Gasteiger partial charge in [0.05, 0.1) is 15.5 Å². The molecule has 2 rings (SSSR count). The highest BCUT2D eigenvalue weighted by Gasteiger charge is 2.15. The first-order chi connectivity index (χ1) is 9.86. The van der Waals surface area contributed by atoms with Gasteiger partial charge in [0.15, 0.2) is 0 Å². The molecule has 0 aliphatic rings. The zero-order valence-electron chi connectivity index (χ0n) is 11.4. The first-order valence-corrected chi connectivity index (χ1v) is 6.45. The number of aryl methyl sites for hydroxylation is 2. The van der Waals surface area contributed by atoms with Crippen LogP contribution in [0.2, 0.25) is 5.02 Å². The minimum atomic E-state index is -0.570. The molecule has 0 aliphatic carbocycles. The molecule has 1 aromatic carbocycles. The summed E-state index contributed by atoms with van der Waals surface area (Å²) in [6, 6.07) is 7.30. The lowest BCUT2D eigenvalue weighted by Gasteiger charge is -2.07. The van der Waals surface area contributed by atoms with Crippen molar-refractivity contribution in [2.24, 2.45) is 0 Å². The van der Waals surface area contributed by atoms with Gasteiger partial charge in [0, 0.05) is 17.8 Å². The smallest absolute Gasteiger partial charge is 0.270 e. The maximum atomic E-state index is 12.1.